The fourth-order valence-electron chi connectivity index (χ4n) is 3.16. The van der Waals surface area contributed by atoms with Crippen molar-refractivity contribution in [2.24, 2.45) is 0 Å². The lowest BCUT2D eigenvalue weighted by Gasteiger charge is -2.31. The topological polar surface area (TPSA) is 29.5 Å². The van der Waals surface area contributed by atoms with E-state index in [1.165, 1.54) is 38.5 Å². The van der Waals surface area contributed by atoms with Crippen molar-refractivity contribution in [2.75, 3.05) is 14.2 Å². The molecule has 0 spiro atoms. The molecule has 0 aliphatic heterocycles. The standard InChI is InChI=1S/C18H27NO2/c1-14(19(2)16-8-6-4-5-7-9-16)18(20)15-10-12-17(21-3)13-11-15/h10-14,16H,4-9H2,1-3H3. The maximum absolute atomic E-state index is 12.6. The van der Waals surface area contributed by atoms with Crippen LogP contribution in [0.25, 0.3) is 0 Å². The molecule has 1 aromatic carbocycles. The zero-order valence-electron chi connectivity index (χ0n) is 13.5. The maximum atomic E-state index is 12.6. The number of hydrogen-bond donors (Lipinski definition) is 0. The van der Waals surface area contributed by atoms with Gasteiger partial charge in [-0.25, -0.2) is 0 Å². The van der Waals surface area contributed by atoms with Crippen molar-refractivity contribution < 1.29 is 9.53 Å². The van der Waals surface area contributed by atoms with E-state index < -0.39 is 0 Å². The highest BCUT2D eigenvalue weighted by atomic mass is 16.5. The van der Waals surface area contributed by atoms with Crippen molar-refractivity contribution in [3.63, 3.8) is 0 Å². The first-order chi connectivity index (χ1) is 10.1. The van der Waals surface area contributed by atoms with Gasteiger partial charge in [0.2, 0.25) is 0 Å². The summed E-state index contributed by atoms with van der Waals surface area (Å²) >= 11 is 0. The molecule has 3 heteroatoms. The molecule has 1 saturated carbocycles. The first-order valence-corrected chi connectivity index (χ1v) is 8.03. The quantitative estimate of drug-likeness (QED) is 0.608. The van der Waals surface area contributed by atoms with Gasteiger partial charge in [0.25, 0.3) is 0 Å². The first-order valence-electron chi connectivity index (χ1n) is 8.03. The molecule has 1 unspecified atom stereocenters. The van der Waals surface area contributed by atoms with E-state index in [0.29, 0.717) is 6.04 Å². The highest BCUT2D eigenvalue weighted by Crippen LogP contribution is 2.23. The summed E-state index contributed by atoms with van der Waals surface area (Å²) in [6, 6.07) is 7.90. The number of methoxy groups -OCH3 is 1. The Bertz CT molecular complexity index is 447. The Kier molecular flexibility index (Phi) is 5.80. The molecule has 3 nitrogen and oxygen atoms in total. The van der Waals surface area contributed by atoms with E-state index in [1.54, 1.807) is 7.11 Å². The molecule has 1 fully saturated rings. The molecule has 116 valence electrons. The number of rotatable bonds is 5. The fourth-order valence-corrected chi connectivity index (χ4v) is 3.16. The fraction of sp³-hybridized carbons (Fsp3) is 0.611. The van der Waals surface area contributed by atoms with Gasteiger partial charge in [-0.15, -0.1) is 0 Å². The molecule has 0 saturated heterocycles. The summed E-state index contributed by atoms with van der Waals surface area (Å²) in [6.07, 6.45) is 7.70. The summed E-state index contributed by atoms with van der Waals surface area (Å²) in [5.74, 6) is 0.987. The molecule has 21 heavy (non-hydrogen) atoms. The summed E-state index contributed by atoms with van der Waals surface area (Å²) in [6.45, 7) is 2.03. The Morgan fingerprint density at radius 1 is 1.14 bits per heavy atom. The molecular formula is C18H27NO2. The highest BCUT2D eigenvalue weighted by Gasteiger charge is 2.26. The third-order valence-electron chi connectivity index (χ3n) is 4.77. The molecule has 0 heterocycles. The number of carbonyl (C=O) groups excluding carboxylic acids is 1. The van der Waals surface area contributed by atoms with Crippen LogP contribution in [-0.2, 0) is 0 Å². The van der Waals surface area contributed by atoms with Gasteiger partial charge < -0.3 is 4.74 Å². The lowest BCUT2D eigenvalue weighted by atomic mass is 10.0. The van der Waals surface area contributed by atoms with Crippen LogP contribution >= 0.6 is 0 Å². The Labute approximate surface area is 128 Å². The van der Waals surface area contributed by atoms with Crippen LogP contribution in [0.15, 0.2) is 24.3 Å². The predicted molar refractivity (Wildman–Crippen MR) is 86.0 cm³/mol. The van der Waals surface area contributed by atoms with Gasteiger partial charge in [-0.1, -0.05) is 25.7 Å². The summed E-state index contributed by atoms with van der Waals surface area (Å²) in [5.41, 5.74) is 0.767. The van der Waals surface area contributed by atoms with E-state index >= 15 is 0 Å². The lowest BCUT2D eigenvalue weighted by molar-refractivity contribution is 0.0802. The van der Waals surface area contributed by atoms with Gasteiger partial charge in [0.1, 0.15) is 5.75 Å². The van der Waals surface area contributed by atoms with Crippen molar-refractivity contribution in [2.45, 2.75) is 57.5 Å². The molecule has 1 aliphatic carbocycles. The molecule has 0 amide bonds. The predicted octanol–water partition coefficient (Wildman–Crippen LogP) is 3.92. The Morgan fingerprint density at radius 2 is 1.71 bits per heavy atom. The van der Waals surface area contributed by atoms with Crippen LogP contribution in [0.4, 0.5) is 0 Å². The van der Waals surface area contributed by atoms with E-state index in [1.807, 2.05) is 31.2 Å². The van der Waals surface area contributed by atoms with Gasteiger partial charge in [-0.3, -0.25) is 9.69 Å². The molecule has 0 N–H and O–H groups in total. The smallest absolute Gasteiger partial charge is 0.179 e. The zero-order chi connectivity index (χ0) is 15.2. The minimum Gasteiger partial charge on any atom is -0.497 e. The van der Waals surface area contributed by atoms with E-state index in [-0.39, 0.29) is 11.8 Å². The number of nitrogens with zero attached hydrogens (tertiary/aromatic N) is 1. The largest absolute Gasteiger partial charge is 0.497 e. The van der Waals surface area contributed by atoms with E-state index in [4.69, 9.17) is 4.74 Å². The lowest BCUT2D eigenvalue weighted by Crippen LogP contribution is -2.42. The van der Waals surface area contributed by atoms with Crippen molar-refractivity contribution in [1.29, 1.82) is 0 Å². The number of ether oxygens (including phenoxy) is 1. The van der Waals surface area contributed by atoms with Crippen LogP contribution in [0, 0.1) is 0 Å². The summed E-state index contributed by atoms with van der Waals surface area (Å²) in [7, 11) is 3.74. The van der Waals surface area contributed by atoms with Gasteiger partial charge in [0, 0.05) is 11.6 Å². The third kappa shape index (κ3) is 4.07. The van der Waals surface area contributed by atoms with Gasteiger partial charge >= 0.3 is 0 Å². The second-order valence-electron chi connectivity index (χ2n) is 6.08. The maximum Gasteiger partial charge on any atom is 0.179 e. The van der Waals surface area contributed by atoms with Gasteiger partial charge in [0.15, 0.2) is 5.78 Å². The van der Waals surface area contributed by atoms with Crippen molar-refractivity contribution in [3.05, 3.63) is 29.8 Å². The zero-order valence-corrected chi connectivity index (χ0v) is 13.5. The van der Waals surface area contributed by atoms with Crippen LogP contribution in [0.1, 0.15) is 55.8 Å². The summed E-state index contributed by atoms with van der Waals surface area (Å²) in [4.78, 5) is 14.9. The second-order valence-corrected chi connectivity index (χ2v) is 6.08. The Morgan fingerprint density at radius 3 is 2.24 bits per heavy atom. The minimum absolute atomic E-state index is 0.0681. The third-order valence-corrected chi connectivity index (χ3v) is 4.77. The second kappa shape index (κ2) is 7.60. The molecular weight excluding hydrogens is 262 g/mol. The number of Topliss-reactive ketones (excluding diaryl/α,β-unsaturated/α-hetero) is 1. The van der Waals surface area contributed by atoms with Crippen LogP contribution in [0.2, 0.25) is 0 Å². The van der Waals surface area contributed by atoms with Gasteiger partial charge in [0.05, 0.1) is 13.2 Å². The van der Waals surface area contributed by atoms with Crippen molar-refractivity contribution in [1.82, 2.24) is 4.90 Å². The Balaban J connectivity index is 2.02. The molecule has 1 atom stereocenters. The average Bonchev–Trinajstić information content (AvgIpc) is 2.82. The van der Waals surface area contributed by atoms with Crippen LogP contribution in [-0.4, -0.2) is 36.9 Å². The summed E-state index contributed by atoms with van der Waals surface area (Å²) < 4.78 is 5.14. The molecule has 0 radical (unpaired) electrons. The molecule has 1 aliphatic rings. The number of carbonyl (C=O) groups is 1. The van der Waals surface area contributed by atoms with E-state index in [9.17, 15) is 4.79 Å². The normalized spacial score (nSPS) is 18.3. The number of hydrogen-bond acceptors (Lipinski definition) is 3. The minimum atomic E-state index is -0.0681. The summed E-state index contributed by atoms with van der Waals surface area (Å²) in [5, 5.41) is 0. The molecule has 0 aromatic heterocycles. The highest BCUT2D eigenvalue weighted by molar-refractivity contribution is 5.99. The van der Waals surface area contributed by atoms with Crippen LogP contribution in [0.3, 0.4) is 0 Å². The number of likely N-dealkylation sites (N-methyl/N-ethyl adjacent to an activating group) is 1. The average molecular weight is 289 g/mol. The SMILES string of the molecule is COc1ccc(C(=O)C(C)N(C)C2CCCCCC2)cc1. The van der Waals surface area contributed by atoms with Crippen LogP contribution < -0.4 is 4.74 Å². The Hall–Kier alpha value is -1.35. The van der Waals surface area contributed by atoms with Crippen molar-refractivity contribution in [3.8, 4) is 5.75 Å². The molecule has 0 bridgehead atoms. The molecule has 2 rings (SSSR count). The van der Waals surface area contributed by atoms with E-state index in [2.05, 4.69) is 11.9 Å². The van der Waals surface area contributed by atoms with E-state index in [0.717, 1.165) is 11.3 Å². The number of ketones is 1. The first kappa shape index (κ1) is 16.0. The number of benzene rings is 1. The van der Waals surface area contributed by atoms with Crippen molar-refractivity contribution >= 4 is 5.78 Å². The van der Waals surface area contributed by atoms with Crippen LogP contribution in [0.5, 0.6) is 5.75 Å². The molecule has 1 aromatic rings. The monoisotopic (exact) mass is 289 g/mol. The van der Waals surface area contributed by atoms with Gasteiger partial charge in [-0.2, -0.15) is 0 Å². The van der Waals surface area contributed by atoms with Gasteiger partial charge in [-0.05, 0) is 51.1 Å².